The van der Waals surface area contributed by atoms with Crippen LogP contribution in [0.15, 0.2) is 30.6 Å². The van der Waals surface area contributed by atoms with Crippen LogP contribution in [-0.2, 0) is 4.74 Å². The van der Waals surface area contributed by atoms with Crippen molar-refractivity contribution in [3.8, 4) is 23.0 Å². The second-order valence-corrected chi connectivity index (χ2v) is 7.74. The normalized spacial score (nSPS) is 25.8. The van der Waals surface area contributed by atoms with Crippen LogP contribution in [-0.4, -0.2) is 63.3 Å². The van der Waals surface area contributed by atoms with Crippen LogP contribution in [0, 0.1) is 0 Å². The molecule has 5 rings (SSSR count). The molecule has 174 valence electrons. The maximum absolute atomic E-state index is 12.7. The predicted molar refractivity (Wildman–Crippen MR) is 110 cm³/mol. The SMILES string of the molecule is COc1c(O)cc2c(=O)oc3c(O[C@@H]4O[C@H](C)[C@H](O)[C@@H](O)[C@H]4O)c(O)cc4c(=O)oc1c2c34. The minimum Gasteiger partial charge on any atom is -0.504 e. The van der Waals surface area contributed by atoms with Crippen LogP contribution in [0.25, 0.3) is 32.7 Å². The van der Waals surface area contributed by atoms with E-state index < -0.39 is 59.2 Å². The van der Waals surface area contributed by atoms with Crippen molar-refractivity contribution < 1.29 is 48.6 Å². The molecule has 0 bridgehead atoms. The number of aliphatic hydroxyl groups excluding tert-OH is 3. The van der Waals surface area contributed by atoms with E-state index in [0.29, 0.717) is 0 Å². The molecule has 4 aromatic rings. The Morgan fingerprint density at radius 2 is 1.33 bits per heavy atom. The average Bonchev–Trinajstić information content (AvgIpc) is 2.77. The molecular weight excluding hydrogens is 444 g/mol. The van der Waals surface area contributed by atoms with Crippen molar-refractivity contribution in [2.75, 3.05) is 7.11 Å². The summed E-state index contributed by atoms with van der Waals surface area (Å²) in [5, 5.41) is 50.8. The van der Waals surface area contributed by atoms with Gasteiger partial charge in [-0.05, 0) is 19.1 Å². The van der Waals surface area contributed by atoms with Gasteiger partial charge in [-0.1, -0.05) is 0 Å². The fraction of sp³-hybridized carbons (Fsp3) is 0.333. The lowest BCUT2D eigenvalue weighted by Crippen LogP contribution is -2.58. The van der Waals surface area contributed by atoms with E-state index in [1.807, 2.05) is 0 Å². The van der Waals surface area contributed by atoms with Gasteiger partial charge in [-0.25, -0.2) is 9.59 Å². The summed E-state index contributed by atoms with van der Waals surface area (Å²) in [4.78, 5) is 25.4. The van der Waals surface area contributed by atoms with Crippen LogP contribution in [0.5, 0.6) is 23.0 Å². The van der Waals surface area contributed by atoms with Crippen LogP contribution < -0.4 is 20.7 Å². The quantitative estimate of drug-likeness (QED) is 0.204. The smallest absolute Gasteiger partial charge is 0.344 e. The lowest BCUT2D eigenvalue weighted by Gasteiger charge is -2.38. The topological polar surface area (TPSA) is 189 Å². The minimum atomic E-state index is -1.72. The van der Waals surface area contributed by atoms with Crippen molar-refractivity contribution in [2.24, 2.45) is 0 Å². The second-order valence-electron chi connectivity index (χ2n) is 7.74. The maximum Gasteiger partial charge on any atom is 0.344 e. The fourth-order valence-corrected chi connectivity index (χ4v) is 4.10. The van der Waals surface area contributed by atoms with E-state index in [-0.39, 0.29) is 38.5 Å². The monoisotopic (exact) mass is 462 g/mol. The summed E-state index contributed by atoms with van der Waals surface area (Å²) < 4.78 is 26.7. The summed E-state index contributed by atoms with van der Waals surface area (Å²) in [5.41, 5.74) is -2.46. The Hall–Kier alpha value is -3.58. The Labute approximate surface area is 182 Å². The second kappa shape index (κ2) is 7.22. The summed E-state index contributed by atoms with van der Waals surface area (Å²) in [6, 6.07) is 2.11. The number of phenolic OH excluding ortho intramolecular Hbond substituents is 2. The standard InChI is InChI=1S/C21H18O12/c1-5-12(24)13(25)14(26)21(30-5)33-16-9(23)4-7-11-10-6(20(28)32-18(11)16)3-8(22)15(29-2)17(10)31-19(7)27/h3-5,12-14,21-26H,1-2H3/t5-,12+,13-,14-,21+/m1/s1. The molecule has 1 aliphatic rings. The van der Waals surface area contributed by atoms with Crippen molar-refractivity contribution in [3.05, 3.63) is 33.0 Å². The summed E-state index contributed by atoms with van der Waals surface area (Å²) >= 11 is 0. The van der Waals surface area contributed by atoms with E-state index in [0.717, 1.165) is 12.1 Å². The average molecular weight is 462 g/mol. The van der Waals surface area contributed by atoms with Gasteiger partial charge in [0.25, 0.3) is 0 Å². The van der Waals surface area contributed by atoms with Gasteiger partial charge in [-0.15, -0.1) is 0 Å². The Morgan fingerprint density at radius 1 is 0.818 bits per heavy atom. The van der Waals surface area contributed by atoms with E-state index in [4.69, 9.17) is 23.0 Å². The Balaban J connectivity index is 1.82. The zero-order chi connectivity index (χ0) is 23.8. The Morgan fingerprint density at radius 3 is 1.88 bits per heavy atom. The zero-order valence-corrected chi connectivity index (χ0v) is 17.1. The number of aliphatic hydroxyl groups is 3. The van der Waals surface area contributed by atoms with E-state index in [1.54, 1.807) is 0 Å². The van der Waals surface area contributed by atoms with Crippen molar-refractivity contribution >= 4 is 32.7 Å². The first-order valence-corrected chi connectivity index (χ1v) is 9.79. The van der Waals surface area contributed by atoms with Crippen molar-refractivity contribution in [1.29, 1.82) is 0 Å². The van der Waals surface area contributed by atoms with Gasteiger partial charge in [-0.2, -0.15) is 0 Å². The number of methoxy groups -OCH3 is 1. The van der Waals surface area contributed by atoms with Crippen molar-refractivity contribution in [2.45, 2.75) is 37.6 Å². The molecule has 0 aliphatic carbocycles. The molecule has 12 nitrogen and oxygen atoms in total. The third-order valence-electron chi connectivity index (χ3n) is 5.76. The van der Waals surface area contributed by atoms with Crippen LogP contribution in [0.4, 0.5) is 0 Å². The first-order chi connectivity index (χ1) is 15.6. The van der Waals surface area contributed by atoms with E-state index >= 15 is 0 Å². The number of aromatic hydroxyl groups is 2. The van der Waals surface area contributed by atoms with Crippen LogP contribution >= 0.6 is 0 Å². The molecule has 2 aromatic carbocycles. The number of hydrogen-bond acceptors (Lipinski definition) is 12. The van der Waals surface area contributed by atoms with Gasteiger partial charge in [0.2, 0.25) is 17.8 Å². The van der Waals surface area contributed by atoms with Crippen molar-refractivity contribution in [1.82, 2.24) is 0 Å². The predicted octanol–water partition coefficient (Wildman–Crippen LogP) is 0.116. The lowest BCUT2D eigenvalue weighted by molar-refractivity contribution is -0.268. The molecule has 1 fully saturated rings. The third-order valence-corrected chi connectivity index (χ3v) is 5.76. The molecular formula is C21H18O12. The zero-order valence-electron chi connectivity index (χ0n) is 17.1. The Bertz CT molecular complexity index is 1500. The molecule has 0 saturated carbocycles. The molecule has 3 heterocycles. The van der Waals surface area contributed by atoms with Gasteiger partial charge in [0.15, 0.2) is 22.7 Å². The molecule has 0 unspecified atom stereocenters. The molecule has 5 N–H and O–H groups in total. The maximum atomic E-state index is 12.7. The molecule has 0 amide bonds. The van der Waals surface area contributed by atoms with Gasteiger partial charge in [-0.3, -0.25) is 0 Å². The number of ether oxygens (including phenoxy) is 3. The third kappa shape index (κ3) is 2.92. The largest absolute Gasteiger partial charge is 0.504 e. The molecule has 2 aromatic heterocycles. The van der Waals surface area contributed by atoms with Crippen LogP contribution in [0.1, 0.15) is 6.92 Å². The highest BCUT2D eigenvalue weighted by molar-refractivity contribution is 6.22. The number of hydrogen-bond donors (Lipinski definition) is 5. The Kier molecular flexibility index (Phi) is 4.65. The van der Waals surface area contributed by atoms with Crippen molar-refractivity contribution in [3.63, 3.8) is 0 Å². The van der Waals surface area contributed by atoms with Gasteiger partial charge in [0.1, 0.15) is 18.3 Å². The molecule has 0 radical (unpaired) electrons. The molecule has 33 heavy (non-hydrogen) atoms. The number of phenols is 2. The number of benzene rings is 2. The van der Waals surface area contributed by atoms with E-state index in [9.17, 15) is 35.1 Å². The fourth-order valence-electron chi connectivity index (χ4n) is 4.10. The molecule has 1 saturated heterocycles. The summed E-state index contributed by atoms with van der Waals surface area (Å²) in [5.74, 6) is -1.75. The summed E-state index contributed by atoms with van der Waals surface area (Å²) in [7, 11) is 1.23. The molecule has 0 spiro atoms. The highest BCUT2D eigenvalue weighted by Crippen LogP contribution is 2.45. The van der Waals surface area contributed by atoms with Crippen LogP contribution in [0.2, 0.25) is 0 Å². The number of rotatable bonds is 3. The van der Waals surface area contributed by atoms with Gasteiger partial charge >= 0.3 is 11.3 Å². The molecule has 5 atom stereocenters. The summed E-state index contributed by atoms with van der Waals surface area (Å²) in [6.07, 6.45) is -7.24. The van der Waals surface area contributed by atoms with Gasteiger partial charge in [0, 0.05) is 10.8 Å². The highest BCUT2D eigenvalue weighted by Gasteiger charge is 2.44. The van der Waals surface area contributed by atoms with Gasteiger partial charge < -0.3 is 48.6 Å². The van der Waals surface area contributed by atoms with Crippen LogP contribution in [0.3, 0.4) is 0 Å². The highest BCUT2D eigenvalue weighted by atomic mass is 16.7. The summed E-state index contributed by atoms with van der Waals surface area (Å²) in [6.45, 7) is 1.43. The first kappa shape index (κ1) is 21.3. The minimum absolute atomic E-state index is 0.0286. The molecule has 12 heteroatoms. The van der Waals surface area contributed by atoms with E-state index in [2.05, 4.69) is 0 Å². The molecule has 1 aliphatic heterocycles. The van der Waals surface area contributed by atoms with Gasteiger partial charge in [0.05, 0.1) is 24.0 Å². The lowest BCUT2D eigenvalue weighted by atomic mass is 9.99. The first-order valence-electron chi connectivity index (χ1n) is 9.79. The van der Waals surface area contributed by atoms with E-state index in [1.165, 1.54) is 14.0 Å².